The van der Waals surface area contributed by atoms with Gasteiger partial charge >= 0.3 is 6.18 Å². The molecule has 0 spiro atoms. The predicted octanol–water partition coefficient (Wildman–Crippen LogP) is 2.61. The molecule has 7 heteroatoms. The van der Waals surface area contributed by atoms with Gasteiger partial charge in [-0.25, -0.2) is 4.98 Å². The van der Waals surface area contributed by atoms with Gasteiger partial charge < -0.3 is 5.73 Å². The first-order valence-electron chi connectivity index (χ1n) is 4.67. The van der Waals surface area contributed by atoms with E-state index in [1.54, 1.807) is 24.5 Å². The summed E-state index contributed by atoms with van der Waals surface area (Å²) >= 11 is 0.561. The molecule has 0 saturated heterocycles. The largest absolute Gasteiger partial charge is 0.443 e. The predicted molar refractivity (Wildman–Crippen MR) is 57.4 cm³/mol. The smallest absolute Gasteiger partial charge is 0.320 e. The first-order chi connectivity index (χ1) is 7.98. The highest BCUT2D eigenvalue weighted by Crippen LogP contribution is 2.35. The van der Waals surface area contributed by atoms with Crippen LogP contribution in [0.5, 0.6) is 0 Å². The SMILES string of the molecule is NC(c1ccncc1)c1cnc(C(F)(F)F)s1. The molecule has 0 radical (unpaired) electrons. The van der Waals surface area contributed by atoms with Crippen LogP contribution in [0.15, 0.2) is 30.7 Å². The summed E-state index contributed by atoms with van der Waals surface area (Å²) in [5.74, 6) is 0. The number of alkyl halides is 3. The summed E-state index contributed by atoms with van der Waals surface area (Å²) in [6, 6.07) is 2.72. The zero-order valence-electron chi connectivity index (χ0n) is 8.48. The van der Waals surface area contributed by atoms with E-state index < -0.39 is 17.2 Å². The van der Waals surface area contributed by atoms with Crippen molar-refractivity contribution >= 4 is 11.3 Å². The Morgan fingerprint density at radius 2 is 1.88 bits per heavy atom. The quantitative estimate of drug-likeness (QED) is 0.901. The van der Waals surface area contributed by atoms with Gasteiger partial charge in [0.05, 0.1) is 6.04 Å². The molecule has 0 aliphatic carbocycles. The Morgan fingerprint density at radius 3 is 2.41 bits per heavy atom. The Morgan fingerprint density at radius 1 is 1.24 bits per heavy atom. The Kier molecular flexibility index (Phi) is 3.12. The molecule has 0 fully saturated rings. The lowest BCUT2D eigenvalue weighted by Gasteiger charge is -2.08. The van der Waals surface area contributed by atoms with Gasteiger partial charge in [-0.1, -0.05) is 0 Å². The van der Waals surface area contributed by atoms with Crippen LogP contribution in [-0.2, 0) is 6.18 Å². The fourth-order valence-corrected chi connectivity index (χ4v) is 2.11. The third kappa shape index (κ3) is 2.62. The van der Waals surface area contributed by atoms with Crippen LogP contribution in [0.2, 0.25) is 0 Å². The normalized spacial score (nSPS) is 13.6. The Bertz CT molecular complexity index is 495. The van der Waals surface area contributed by atoms with Gasteiger partial charge in [0, 0.05) is 23.5 Å². The van der Waals surface area contributed by atoms with E-state index in [4.69, 9.17) is 5.73 Å². The molecule has 2 rings (SSSR count). The molecule has 0 amide bonds. The highest BCUT2D eigenvalue weighted by atomic mass is 32.1. The summed E-state index contributed by atoms with van der Waals surface area (Å²) in [7, 11) is 0. The zero-order chi connectivity index (χ0) is 12.5. The first kappa shape index (κ1) is 12.0. The van der Waals surface area contributed by atoms with E-state index in [0.717, 1.165) is 0 Å². The lowest BCUT2D eigenvalue weighted by atomic mass is 10.1. The lowest BCUT2D eigenvalue weighted by molar-refractivity contribution is -0.137. The fourth-order valence-electron chi connectivity index (χ4n) is 1.30. The molecule has 0 saturated carbocycles. The van der Waals surface area contributed by atoms with Gasteiger partial charge in [-0.2, -0.15) is 13.2 Å². The van der Waals surface area contributed by atoms with E-state index in [-0.39, 0.29) is 0 Å². The van der Waals surface area contributed by atoms with Gasteiger partial charge in [0.15, 0.2) is 5.01 Å². The summed E-state index contributed by atoms with van der Waals surface area (Å²) < 4.78 is 37.1. The summed E-state index contributed by atoms with van der Waals surface area (Å²) in [6.07, 6.45) is -0.165. The first-order valence-corrected chi connectivity index (χ1v) is 5.48. The molecule has 0 bridgehead atoms. The van der Waals surface area contributed by atoms with Gasteiger partial charge in [0.1, 0.15) is 0 Å². The lowest BCUT2D eigenvalue weighted by Crippen LogP contribution is -2.10. The number of hydrogen-bond donors (Lipinski definition) is 1. The van der Waals surface area contributed by atoms with Crippen molar-refractivity contribution in [2.75, 3.05) is 0 Å². The van der Waals surface area contributed by atoms with Crippen molar-refractivity contribution in [3.63, 3.8) is 0 Å². The number of nitrogens with zero attached hydrogens (tertiary/aromatic N) is 2. The number of nitrogens with two attached hydrogens (primary N) is 1. The number of aromatic nitrogens is 2. The molecule has 90 valence electrons. The average molecular weight is 259 g/mol. The van der Waals surface area contributed by atoms with Crippen LogP contribution in [0.1, 0.15) is 21.5 Å². The summed E-state index contributed by atoms with van der Waals surface area (Å²) in [5.41, 5.74) is 6.55. The van der Waals surface area contributed by atoms with Crippen LogP contribution >= 0.6 is 11.3 Å². The average Bonchev–Trinajstić information content (AvgIpc) is 2.78. The standard InChI is InChI=1S/C10H8F3N3S/c11-10(12,13)9-16-5-7(17-9)8(14)6-1-3-15-4-2-6/h1-5,8H,14H2. The molecular formula is C10H8F3N3S. The van der Waals surface area contributed by atoms with E-state index >= 15 is 0 Å². The van der Waals surface area contributed by atoms with Crippen LogP contribution in [0.25, 0.3) is 0 Å². The molecule has 0 aliphatic heterocycles. The van der Waals surface area contributed by atoms with E-state index in [9.17, 15) is 13.2 Å². The minimum Gasteiger partial charge on any atom is -0.320 e. The maximum atomic E-state index is 12.4. The number of rotatable bonds is 2. The van der Waals surface area contributed by atoms with Crippen LogP contribution in [0, 0.1) is 0 Å². The van der Waals surface area contributed by atoms with E-state index in [1.807, 2.05) is 0 Å². The fraction of sp³-hybridized carbons (Fsp3) is 0.200. The molecule has 0 aromatic carbocycles. The molecule has 17 heavy (non-hydrogen) atoms. The highest BCUT2D eigenvalue weighted by molar-refractivity contribution is 7.11. The second kappa shape index (κ2) is 4.42. The Hall–Kier alpha value is -1.47. The molecule has 3 nitrogen and oxygen atoms in total. The van der Waals surface area contributed by atoms with Gasteiger partial charge in [-0.3, -0.25) is 4.98 Å². The van der Waals surface area contributed by atoms with E-state index in [2.05, 4.69) is 9.97 Å². The van der Waals surface area contributed by atoms with Crippen molar-refractivity contribution in [1.29, 1.82) is 0 Å². The third-order valence-corrected chi connectivity index (χ3v) is 3.26. The number of pyridine rings is 1. The summed E-state index contributed by atoms with van der Waals surface area (Å²) in [4.78, 5) is 7.53. The molecule has 2 heterocycles. The van der Waals surface area contributed by atoms with Gasteiger partial charge in [-0.05, 0) is 17.7 Å². The zero-order valence-corrected chi connectivity index (χ0v) is 9.29. The molecule has 0 aliphatic rings. The second-order valence-electron chi connectivity index (χ2n) is 3.32. The van der Waals surface area contributed by atoms with E-state index in [1.165, 1.54) is 6.20 Å². The van der Waals surface area contributed by atoms with Crippen molar-refractivity contribution in [2.45, 2.75) is 12.2 Å². The summed E-state index contributed by atoms with van der Waals surface area (Å²) in [6.45, 7) is 0. The van der Waals surface area contributed by atoms with Crippen molar-refractivity contribution in [3.05, 3.63) is 46.2 Å². The van der Waals surface area contributed by atoms with Crippen LogP contribution < -0.4 is 5.73 Å². The van der Waals surface area contributed by atoms with Gasteiger partial charge in [0.25, 0.3) is 0 Å². The van der Waals surface area contributed by atoms with Crippen LogP contribution in [0.4, 0.5) is 13.2 Å². The van der Waals surface area contributed by atoms with Gasteiger partial charge in [0.2, 0.25) is 0 Å². The maximum absolute atomic E-state index is 12.4. The molecule has 1 unspecified atom stereocenters. The van der Waals surface area contributed by atoms with Gasteiger partial charge in [-0.15, -0.1) is 11.3 Å². The molecule has 2 N–H and O–H groups in total. The van der Waals surface area contributed by atoms with Crippen molar-refractivity contribution < 1.29 is 13.2 Å². The Labute approximate surface area is 99.1 Å². The maximum Gasteiger partial charge on any atom is 0.443 e. The molecule has 1 atom stereocenters. The monoisotopic (exact) mass is 259 g/mol. The minimum absolute atomic E-state index is 0.378. The summed E-state index contributed by atoms with van der Waals surface area (Å²) in [5, 5.41) is -0.878. The molecular weight excluding hydrogens is 251 g/mol. The van der Waals surface area contributed by atoms with Crippen LogP contribution in [-0.4, -0.2) is 9.97 Å². The molecule has 2 aromatic heterocycles. The minimum atomic E-state index is -4.42. The number of halogens is 3. The van der Waals surface area contributed by atoms with E-state index in [0.29, 0.717) is 21.8 Å². The third-order valence-electron chi connectivity index (χ3n) is 2.14. The molecule has 2 aromatic rings. The van der Waals surface area contributed by atoms with Crippen molar-refractivity contribution in [1.82, 2.24) is 9.97 Å². The van der Waals surface area contributed by atoms with Crippen molar-refractivity contribution in [3.8, 4) is 0 Å². The topological polar surface area (TPSA) is 51.8 Å². The van der Waals surface area contributed by atoms with Crippen molar-refractivity contribution in [2.24, 2.45) is 5.73 Å². The van der Waals surface area contributed by atoms with Crippen LogP contribution in [0.3, 0.4) is 0 Å². The number of thiazole rings is 1. The highest BCUT2D eigenvalue weighted by Gasteiger charge is 2.35. The Balaban J connectivity index is 2.27. The number of hydrogen-bond acceptors (Lipinski definition) is 4. The second-order valence-corrected chi connectivity index (χ2v) is 4.39.